The van der Waals surface area contributed by atoms with Gasteiger partial charge >= 0.3 is 5.70 Å². The standard InChI is InChI=1S/C26H2F10N8/c1-39-9(5-38)24-40-8-3-2-6(7(4-37)22(8)41-24)23-42-25(10-12(27)16(31)20(35)17(32)13(10)28)44-26(43-23)11-14(29)18(33)21(36)19(34)15(11)30/h2-3H/b24-9+. The predicted molar refractivity (Wildman–Crippen MR) is 122 cm³/mol. The van der Waals surface area contributed by atoms with Gasteiger partial charge in [-0.25, -0.2) is 78.9 Å². The van der Waals surface area contributed by atoms with Crippen molar-refractivity contribution in [2.45, 2.75) is 0 Å². The topological polar surface area (TPSA) is 115 Å². The van der Waals surface area contributed by atoms with Gasteiger partial charge in [0.05, 0.1) is 34.7 Å². The van der Waals surface area contributed by atoms with Gasteiger partial charge < -0.3 is 0 Å². The number of rotatable bonds is 3. The summed E-state index contributed by atoms with van der Waals surface area (Å²) < 4.78 is 142. The Morgan fingerprint density at radius 3 is 1.45 bits per heavy atom. The molecule has 4 aromatic rings. The average Bonchev–Trinajstić information content (AvgIpc) is 3.45. The van der Waals surface area contributed by atoms with Gasteiger partial charge in [-0.15, -0.1) is 0 Å². The molecule has 8 nitrogen and oxygen atoms in total. The smallest absolute Gasteiger partial charge is 0.238 e. The lowest BCUT2D eigenvalue weighted by Crippen LogP contribution is -2.25. The van der Waals surface area contributed by atoms with Gasteiger partial charge in [-0.1, -0.05) is 0 Å². The summed E-state index contributed by atoms with van der Waals surface area (Å²) >= 11 is 0. The molecule has 0 saturated carbocycles. The van der Waals surface area contributed by atoms with Crippen molar-refractivity contribution in [3.05, 3.63) is 110 Å². The molecule has 5 rings (SSSR count). The molecule has 3 aromatic carbocycles. The molecule has 44 heavy (non-hydrogen) atoms. The summed E-state index contributed by atoms with van der Waals surface area (Å²) in [7, 11) is 0. The van der Waals surface area contributed by atoms with Crippen LogP contribution in [-0.2, 0) is 0 Å². The van der Waals surface area contributed by atoms with Crippen molar-refractivity contribution < 1.29 is 43.9 Å². The van der Waals surface area contributed by atoms with Crippen LogP contribution in [0.4, 0.5) is 43.9 Å². The first-order valence-corrected chi connectivity index (χ1v) is 11.2. The lowest BCUT2D eigenvalue weighted by atomic mass is 10.1. The highest BCUT2D eigenvalue weighted by Gasteiger charge is 2.32. The van der Waals surface area contributed by atoms with Gasteiger partial charge in [0.2, 0.25) is 11.6 Å². The maximum atomic E-state index is 14.7. The molecule has 0 bridgehead atoms. The Labute approximate surface area is 235 Å². The lowest BCUT2D eigenvalue weighted by Gasteiger charge is -2.12. The van der Waals surface area contributed by atoms with Crippen molar-refractivity contribution >= 4 is 0 Å². The van der Waals surface area contributed by atoms with Crippen molar-refractivity contribution in [3.8, 4) is 46.3 Å². The molecule has 1 aliphatic rings. The van der Waals surface area contributed by atoms with Crippen molar-refractivity contribution in [1.82, 2.24) is 15.0 Å². The molecule has 0 N–H and O–H groups in total. The fourth-order valence-electron chi connectivity index (χ4n) is 3.88. The highest BCUT2D eigenvalue weighted by Crippen LogP contribution is 2.35. The second kappa shape index (κ2) is 10.6. The van der Waals surface area contributed by atoms with Crippen LogP contribution in [0.5, 0.6) is 0 Å². The van der Waals surface area contributed by atoms with Crippen LogP contribution in [0, 0.1) is 87.4 Å². The first-order valence-electron chi connectivity index (χ1n) is 11.2. The summed E-state index contributed by atoms with van der Waals surface area (Å²) in [5.41, 5.74) is -5.47. The number of aromatic nitrogens is 3. The van der Waals surface area contributed by atoms with E-state index in [9.17, 15) is 49.2 Å². The Balaban J connectivity index is 1.93. The number of nitriles is 2. The molecule has 2 heterocycles. The molecule has 216 valence electrons. The maximum absolute atomic E-state index is 14.7. The molecule has 0 radical (unpaired) electrons. The number of allylic oxidation sites excluding steroid dienone is 1. The number of hydrogen-bond acceptors (Lipinski definition) is 7. The van der Waals surface area contributed by atoms with Crippen LogP contribution >= 0.6 is 0 Å². The molecule has 1 aliphatic heterocycles. The van der Waals surface area contributed by atoms with Gasteiger partial charge in [-0.05, 0) is 12.1 Å². The quantitative estimate of drug-likeness (QED) is 0.106. The first-order chi connectivity index (χ1) is 20.9. The maximum Gasteiger partial charge on any atom is 0.305 e. The third kappa shape index (κ3) is 4.26. The normalized spacial score (nSPS) is 12.9. The lowest BCUT2D eigenvalue weighted by molar-refractivity contribution is 0.380. The second-order valence-corrected chi connectivity index (χ2v) is 8.28. The third-order valence-corrected chi connectivity index (χ3v) is 5.89. The zero-order chi connectivity index (χ0) is 32.2. The van der Waals surface area contributed by atoms with Gasteiger partial charge in [0, 0.05) is 5.56 Å². The molecule has 0 spiro atoms. The molecule has 0 saturated heterocycles. The van der Waals surface area contributed by atoms with Crippen molar-refractivity contribution in [2.24, 2.45) is 9.98 Å². The molecule has 18 heteroatoms. The van der Waals surface area contributed by atoms with E-state index in [4.69, 9.17) is 11.8 Å². The summed E-state index contributed by atoms with van der Waals surface area (Å²) in [5, 5.41) is 18.5. The minimum atomic E-state index is -2.60. The van der Waals surface area contributed by atoms with E-state index in [1.54, 1.807) is 6.07 Å². The summed E-state index contributed by atoms with van der Waals surface area (Å²) in [6.45, 7) is 7.03. The van der Waals surface area contributed by atoms with E-state index in [1.165, 1.54) is 6.07 Å². The second-order valence-electron chi connectivity index (χ2n) is 8.28. The van der Waals surface area contributed by atoms with Gasteiger partial charge in [0.25, 0.3) is 0 Å². The molecule has 1 aromatic heterocycles. The van der Waals surface area contributed by atoms with E-state index < -0.39 is 109 Å². The zero-order valence-electron chi connectivity index (χ0n) is 20.5. The van der Waals surface area contributed by atoms with Gasteiger partial charge in [-0.2, -0.15) is 5.26 Å². The van der Waals surface area contributed by atoms with Crippen molar-refractivity contribution in [3.63, 3.8) is 0 Å². The molecule has 0 atom stereocenters. The molecule has 0 aliphatic carbocycles. The van der Waals surface area contributed by atoms with Crippen LogP contribution < -0.4 is 10.7 Å². The Hall–Kier alpha value is -6.22. The molecular formula is C26H2F10N8. The van der Waals surface area contributed by atoms with E-state index in [0.717, 1.165) is 12.1 Å². The largest absolute Gasteiger partial charge is 0.305 e. The predicted octanol–water partition coefficient (Wildman–Crippen LogP) is 5.00. The van der Waals surface area contributed by atoms with Crippen LogP contribution in [0.25, 0.3) is 39.0 Å². The molecule has 0 unspecified atom stereocenters. The Bertz CT molecular complexity index is 2120. The Morgan fingerprint density at radius 2 is 1.05 bits per heavy atom. The van der Waals surface area contributed by atoms with Crippen LogP contribution in [0.2, 0.25) is 0 Å². The minimum Gasteiger partial charge on any atom is -0.238 e. The first kappa shape index (κ1) is 29.3. The number of nitrogens with zero attached hydrogens (tertiary/aromatic N) is 8. The minimum absolute atomic E-state index is 0.106. The summed E-state index contributed by atoms with van der Waals surface area (Å²) in [4.78, 5) is 21.1. The van der Waals surface area contributed by atoms with E-state index in [2.05, 4.69) is 29.8 Å². The number of fused-ring (bicyclic) bond motifs is 1. The van der Waals surface area contributed by atoms with E-state index in [1.807, 2.05) is 0 Å². The SMILES string of the molecule is [C-]#[N+]/C(C#N)=C1\N=c2ccc(-c3nc(-c4c(F)c(F)c(F)c(F)c4F)nc(-c4c(F)c(F)c(F)c(F)c4F)n3)c(C#N)c2=N1. The Kier molecular flexibility index (Phi) is 7.03. The van der Waals surface area contributed by atoms with Crippen LogP contribution in [0.3, 0.4) is 0 Å². The van der Waals surface area contributed by atoms with Gasteiger partial charge in [0.15, 0.2) is 69.8 Å². The van der Waals surface area contributed by atoms with Gasteiger partial charge in [-0.3, -0.25) is 0 Å². The monoisotopic (exact) mass is 616 g/mol. The van der Waals surface area contributed by atoms with Crippen molar-refractivity contribution in [2.75, 3.05) is 0 Å². The van der Waals surface area contributed by atoms with Gasteiger partial charge in [0.1, 0.15) is 11.4 Å². The summed E-state index contributed by atoms with van der Waals surface area (Å²) in [5.74, 6) is -29.9. The van der Waals surface area contributed by atoms with E-state index in [-0.39, 0.29) is 10.7 Å². The highest BCUT2D eigenvalue weighted by atomic mass is 19.2. The van der Waals surface area contributed by atoms with E-state index in [0.29, 0.717) is 0 Å². The van der Waals surface area contributed by atoms with Crippen LogP contribution in [0.1, 0.15) is 5.56 Å². The van der Waals surface area contributed by atoms with Crippen molar-refractivity contribution in [1.29, 1.82) is 10.5 Å². The summed E-state index contributed by atoms with van der Waals surface area (Å²) in [6, 6.07) is 5.19. The third-order valence-electron chi connectivity index (χ3n) is 5.89. The van der Waals surface area contributed by atoms with E-state index >= 15 is 0 Å². The molecular weight excluding hydrogens is 614 g/mol. The Morgan fingerprint density at radius 1 is 0.614 bits per heavy atom. The number of halogens is 10. The fourth-order valence-corrected chi connectivity index (χ4v) is 3.88. The number of benzene rings is 3. The molecule has 0 amide bonds. The number of hydrogen-bond donors (Lipinski definition) is 0. The zero-order valence-corrected chi connectivity index (χ0v) is 20.5. The molecule has 0 fully saturated rings. The van der Waals surface area contributed by atoms with Crippen LogP contribution in [-0.4, -0.2) is 15.0 Å². The van der Waals surface area contributed by atoms with Crippen LogP contribution in [0.15, 0.2) is 33.6 Å². The summed E-state index contributed by atoms with van der Waals surface area (Å²) in [6.07, 6.45) is 0. The highest BCUT2D eigenvalue weighted by molar-refractivity contribution is 5.71. The fraction of sp³-hybridized carbons (Fsp3) is 0. The average molecular weight is 616 g/mol.